The van der Waals surface area contributed by atoms with Crippen LogP contribution in [0.15, 0.2) is 18.2 Å². The van der Waals surface area contributed by atoms with Gasteiger partial charge in [0, 0.05) is 12.7 Å². The Balaban J connectivity index is 0.000000470. The van der Waals surface area contributed by atoms with Crippen LogP contribution < -0.4 is 10.6 Å². The maximum absolute atomic E-state index is 11.4. The Morgan fingerprint density at radius 3 is 1.71 bits per heavy atom. The highest BCUT2D eigenvalue weighted by molar-refractivity contribution is 5.95. The number of carboxylic acid groups (broad SMARTS) is 2. The molecule has 0 aromatic heterocycles. The lowest BCUT2D eigenvalue weighted by atomic mass is 10.1. The van der Waals surface area contributed by atoms with Crippen LogP contribution in [0.2, 0.25) is 0 Å². The lowest BCUT2D eigenvalue weighted by Gasteiger charge is -2.20. The molecule has 0 heterocycles. The molecule has 134 valence electrons. The maximum Gasteiger partial charge on any atom is 0.335 e. The van der Waals surface area contributed by atoms with Gasteiger partial charge in [-0.2, -0.15) is 0 Å². The van der Waals surface area contributed by atoms with Crippen molar-refractivity contribution in [2.24, 2.45) is 5.73 Å². The van der Waals surface area contributed by atoms with Gasteiger partial charge < -0.3 is 31.1 Å². The standard InChI is InChI=1S/C11H16N2O.C4H6O6/c1-8-5-4-6-9(2)11(8)13(3)10(14)7-12;5-1(3(7)8)2(6)4(9)10/h4-6H,7,12H2,1-3H3;1-2,5-6H,(H,7,8)(H,9,10). The zero-order valence-corrected chi connectivity index (χ0v) is 13.6. The maximum atomic E-state index is 11.4. The first-order chi connectivity index (χ1) is 11.0. The molecule has 0 radical (unpaired) electrons. The van der Waals surface area contributed by atoms with Crippen LogP contribution in [-0.2, 0) is 14.4 Å². The summed E-state index contributed by atoms with van der Waals surface area (Å²) in [5, 5.41) is 32.5. The van der Waals surface area contributed by atoms with Gasteiger partial charge in [0.05, 0.1) is 6.54 Å². The van der Waals surface area contributed by atoms with Crippen LogP contribution in [0.25, 0.3) is 0 Å². The van der Waals surface area contributed by atoms with Crippen LogP contribution in [0.4, 0.5) is 5.69 Å². The van der Waals surface area contributed by atoms with E-state index in [1.54, 1.807) is 11.9 Å². The Labute approximate surface area is 138 Å². The Bertz CT molecular complexity index is 565. The number of aryl methyl sites for hydroxylation is 2. The minimum absolute atomic E-state index is 0.0459. The van der Waals surface area contributed by atoms with E-state index in [0.29, 0.717) is 0 Å². The van der Waals surface area contributed by atoms with Gasteiger partial charge in [-0.25, -0.2) is 9.59 Å². The third-order valence-electron chi connectivity index (χ3n) is 3.13. The molecule has 1 aromatic carbocycles. The molecule has 2 unspecified atom stereocenters. The Kier molecular flexibility index (Phi) is 8.61. The number of rotatable bonds is 5. The van der Waals surface area contributed by atoms with Crippen molar-refractivity contribution in [2.75, 3.05) is 18.5 Å². The second-order valence-corrected chi connectivity index (χ2v) is 4.96. The van der Waals surface area contributed by atoms with E-state index in [1.165, 1.54) is 0 Å². The number of para-hydroxylation sites is 1. The van der Waals surface area contributed by atoms with Crippen molar-refractivity contribution in [3.05, 3.63) is 29.3 Å². The summed E-state index contributed by atoms with van der Waals surface area (Å²) in [6, 6.07) is 5.96. The summed E-state index contributed by atoms with van der Waals surface area (Å²) >= 11 is 0. The number of nitrogens with zero attached hydrogens (tertiary/aromatic N) is 1. The lowest BCUT2D eigenvalue weighted by molar-refractivity contribution is -0.165. The summed E-state index contributed by atoms with van der Waals surface area (Å²) in [4.78, 5) is 32.6. The summed E-state index contributed by atoms with van der Waals surface area (Å²) in [5.74, 6) is -3.60. The van der Waals surface area contributed by atoms with E-state index < -0.39 is 24.1 Å². The molecule has 9 nitrogen and oxygen atoms in total. The first kappa shape index (κ1) is 21.5. The van der Waals surface area contributed by atoms with E-state index in [9.17, 15) is 14.4 Å². The molecule has 1 rings (SSSR count). The summed E-state index contributed by atoms with van der Waals surface area (Å²) in [7, 11) is 1.75. The number of aliphatic carboxylic acids is 2. The van der Waals surface area contributed by atoms with Gasteiger partial charge in [0.1, 0.15) is 0 Å². The number of hydrogen-bond acceptors (Lipinski definition) is 6. The lowest BCUT2D eigenvalue weighted by Crippen LogP contribution is -2.39. The molecule has 1 amide bonds. The minimum Gasteiger partial charge on any atom is -0.479 e. The molecule has 2 atom stereocenters. The number of benzene rings is 1. The molecular formula is C15H22N2O7. The molecule has 0 fully saturated rings. The second kappa shape index (κ2) is 9.60. The summed E-state index contributed by atoms with van der Waals surface area (Å²) < 4.78 is 0. The monoisotopic (exact) mass is 342 g/mol. The number of aliphatic hydroxyl groups excluding tert-OH is 2. The highest BCUT2D eigenvalue weighted by atomic mass is 16.4. The number of nitrogens with two attached hydrogens (primary N) is 1. The SMILES string of the molecule is Cc1cccc(C)c1N(C)C(=O)CN.O=C(O)C(O)C(O)C(=O)O. The van der Waals surface area contributed by atoms with Gasteiger partial charge in [0.2, 0.25) is 5.91 Å². The quantitative estimate of drug-likeness (QED) is 0.460. The van der Waals surface area contributed by atoms with E-state index in [-0.39, 0.29) is 12.5 Å². The molecule has 1 aromatic rings. The Hall–Kier alpha value is -2.49. The van der Waals surface area contributed by atoms with Gasteiger partial charge in [-0.15, -0.1) is 0 Å². The van der Waals surface area contributed by atoms with Crippen molar-refractivity contribution in [2.45, 2.75) is 26.1 Å². The topological polar surface area (TPSA) is 161 Å². The summed E-state index contributed by atoms with van der Waals surface area (Å²) in [6.07, 6.45) is -4.53. The van der Waals surface area contributed by atoms with Crippen LogP contribution >= 0.6 is 0 Å². The molecule has 0 aliphatic heterocycles. The Morgan fingerprint density at radius 2 is 1.42 bits per heavy atom. The number of carboxylic acids is 2. The van der Waals surface area contributed by atoms with Gasteiger partial charge in [-0.05, 0) is 25.0 Å². The smallest absolute Gasteiger partial charge is 0.335 e. The highest BCUT2D eigenvalue weighted by Crippen LogP contribution is 2.23. The third kappa shape index (κ3) is 5.95. The van der Waals surface area contributed by atoms with Gasteiger partial charge in [0.15, 0.2) is 12.2 Å². The zero-order chi connectivity index (χ0) is 19.0. The molecule has 0 saturated carbocycles. The molecule has 0 spiro atoms. The van der Waals surface area contributed by atoms with Gasteiger partial charge in [0.25, 0.3) is 0 Å². The number of hydrogen-bond donors (Lipinski definition) is 5. The minimum atomic E-state index is -2.27. The van der Waals surface area contributed by atoms with E-state index in [4.69, 9.17) is 26.2 Å². The largest absolute Gasteiger partial charge is 0.479 e. The first-order valence-corrected chi connectivity index (χ1v) is 6.89. The molecular weight excluding hydrogens is 320 g/mol. The fourth-order valence-corrected chi connectivity index (χ4v) is 1.87. The second-order valence-electron chi connectivity index (χ2n) is 4.96. The number of carbonyl (C=O) groups is 3. The normalized spacial score (nSPS) is 12.4. The average molecular weight is 342 g/mol. The van der Waals surface area contributed by atoms with Crippen molar-refractivity contribution in [3.63, 3.8) is 0 Å². The third-order valence-corrected chi connectivity index (χ3v) is 3.13. The number of carbonyl (C=O) groups excluding carboxylic acids is 1. The molecule has 0 aliphatic carbocycles. The van der Waals surface area contributed by atoms with Crippen LogP contribution in [0.3, 0.4) is 0 Å². The molecule has 9 heteroatoms. The molecule has 6 N–H and O–H groups in total. The van der Waals surface area contributed by atoms with E-state index >= 15 is 0 Å². The zero-order valence-electron chi connectivity index (χ0n) is 13.6. The first-order valence-electron chi connectivity index (χ1n) is 6.89. The van der Waals surface area contributed by atoms with Crippen molar-refractivity contribution >= 4 is 23.5 Å². The van der Waals surface area contributed by atoms with Crippen molar-refractivity contribution in [1.82, 2.24) is 0 Å². The van der Waals surface area contributed by atoms with Crippen molar-refractivity contribution in [3.8, 4) is 0 Å². The molecule has 24 heavy (non-hydrogen) atoms. The number of amides is 1. The number of likely N-dealkylation sites (N-methyl/N-ethyl adjacent to an activating group) is 1. The van der Waals surface area contributed by atoms with Crippen LogP contribution in [0.1, 0.15) is 11.1 Å². The van der Waals surface area contributed by atoms with E-state index in [0.717, 1.165) is 16.8 Å². The Morgan fingerprint density at radius 1 is 1.04 bits per heavy atom. The molecule has 0 aliphatic rings. The van der Waals surface area contributed by atoms with Crippen LogP contribution in [-0.4, -0.2) is 64.1 Å². The number of anilines is 1. The van der Waals surface area contributed by atoms with Gasteiger partial charge >= 0.3 is 11.9 Å². The molecule has 0 saturated heterocycles. The fraction of sp³-hybridized carbons (Fsp3) is 0.400. The van der Waals surface area contributed by atoms with Crippen LogP contribution in [0.5, 0.6) is 0 Å². The summed E-state index contributed by atoms with van der Waals surface area (Å²) in [6.45, 7) is 4.02. The average Bonchev–Trinajstić information content (AvgIpc) is 2.52. The van der Waals surface area contributed by atoms with Gasteiger partial charge in [-0.3, -0.25) is 4.79 Å². The van der Waals surface area contributed by atoms with E-state index in [1.807, 2.05) is 32.0 Å². The summed E-state index contributed by atoms with van der Waals surface area (Å²) in [5.41, 5.74) is 8.46. The predicted octanol–water partition coefficient (Wildman–Crippen LogP) is -0.898. The number of aliphatic hydroxyl groups is 2. The van der Waals surface area contributed by atoms with Crippen LogP contribution in [0, 0.1) is 13.8 Å². The van der Waals surface area contributed by atoms with Gasteiger partial charge in [-0.1, -0.05) is 18.2 Å². The highest BCUT2D eigenvalue weighted by Gasteiger charge is 2.29. The van der Waals surface area contributed by atoms with Crippen molar-refractivity contribution in [1.29, 1.82) is 0 Å². The van der Waals surface area contributed by atoms with Crippen molar-refractivity contribution < 1.29 is 34.8 Å². The molecule has 0 bridgehead atoms. The van der Waals surface area contributed by atoms with E-state index in [2.05, 4.69) is 0 Å². The fourth-order valence-electron chi connectivity index (χ4n) is 1.87. The predicted molar refractivity (Wildman–Crippen MR) is 85.7 cm³/mol.